The van der Waals surface area contributed by atoms with E-state index in [1.165, 1.54) is 19.3 Å². The average Bonchev–Trinajstić information content (AvgIpc) is 3.12. The quantitative estimate of drug-likeness (QED) is 0.656. The highest BCUT2D eigenvalue weighted by Crippen LogP contribution is 2.26. The van der Waals surface area contributed by atoms with Gasteiger partial charge < -0.3 is 4.74 Å². The summed E-state index contributed by atoms with van der Waals surface area (Å²) in [6.07, 6.45) is 3.56. The second-order valence-electron chi connectivity index (χ2n) is 5.50. The van der Waals surface area contributed by atoms with E-state index in [-0.39, 0.29) is 5.97 Å². The van der Waals surface area contributed by atoms with Gasteiger partial charge in [0.15, 0.2) is 0 Å². The lowest BCUT2D eigenvalue weighted by atomic mass is 10.1. The zero-order valence-corrected chi connectivity index (χ0v) is 12.9. The lowest BCUT2D eigenvalue weighted by Crippen LogP contribution is -2.53. The van der Waals surface area contributed by atoms with Gasteiger partial charge in [0.2, 0.25) is 0 Å². The highest BCUT2D eigenvalue weighted by Gasteiger charge is 2.39. The summed E-state index contributed by atoms with van der Waals surface area (Å²) in [6.45, 7) is 8.76. The third-order valence-electron chi connectivity index (χ3n) is 3.32. The zero-order valence-electron chi connectivity index (χ0n) is 12.1. The van der Waals surface area contributed by atoms with Crippen LogP contribution < -0.4 is 5.32 Å². The van der Waals surface area contributed by atoms with Gasteiger partial charge in [-0.05, 0) is 38.4 Å². The van der Waals surface area contributed by atoms with Gasteiger partial charge in [0.25, 0.3) is 0 Å². The number of hydrogen-bond donors (Lipinski definition) is 1. The van der Waals surface area contributed by atoms with Gasteiger partial charge in [-0.1, -0.05) is 20.3 Å². The fourth-order valence-corrected chi connectivity index (χ4v) is 3.08. The predicted molar refractivity (Wildman–Crippen MR) is 78.0 cm³/mol. The van der Waals surface area contributed by atoms with Crippen molar-refractivity contribution in [2.75, 3.05) is 18.1 Å². The first-order valence-corrected chi connectivity index (χ1v) is 8.20. The Morgan fingerprint density at radius 3 is 2.67 bits per heavy atom. The van der Waals surface area contributed by atoms with Crippen molar-refractivity contribution in [1.29, 1.82) is 0 Å². The Hall–Kier alpha value is -0.220. The summed E-state index contributed by atoms with van der Waals surface area (Å²) < 4.78 is 5.20. The van der Waals surface area contributed by atoms with Crippen LogP contribution in [0.1, 0.15) is 47.0 Å². The van der Waals surface area contributed by atoms with Crippen molar-refractivity contribution in [1.82, 2.24) is 5.32 Å². The van der Waals surface area contributed by atoms with Crippen LogP contribution in [0.3, 0.4) is 0 Å². The van der Waals surface area contributed by atoms with Gasteiger partial charge in [-0.25, -0.2) is 0 Å². The fourth-order valence-electron chi connectivity index (χ4n) is 1.71. The minimum atomic E-state index is -0.519. The Kier molecular flexibility index (Phi) is 6.50. The molecule has 0 spiro atoms. The molecule has 0 bridgehead atoms. The Bertz CT molecular complexity index is 269. The van der Waals surface area contributed by atoms with Crippen LogP contribution in [0.25, 0.3) is 0 Å². The highest BCUT2D eigenvalue weighted by molar-refractivity contribution is 7.99. The van der Waals surface area contributed by atoms with Crippen LogP contribution in [0.5, 0.6) is 0 Å². The van der Waals surface area contributed by atoms with E-state index in [1.807, 2.05) is 25.6 Å². The van der Waals surface area contributed by atoms with E-state index in [0.29, 0.717) is 18.6 Å². The molecular formula is C14H27NO2S. The largest absolute Gasteiger partial charge is 0.465 e. The van der Waals surface area contributed by atoms with Crippen molar-refractivity contribution >= 4 is 17.7 Å². The molecule has 3 nitrogen and oxygen atoms in total. The van der Waals surface area contributed by atoms with Crippen LogP contribution in [0.2, 0.25) is 0 Å². The normalized spacial score (nSPS) is 20.2. The van der Waals surface area contributed by atoms with E-state index in [9.17, 15) is 4.79 Å². The number of rotatable bonds is 9. The van der Waals surface area contributed by atoms with E-state index in [4.69, 9.17) is 4.74 Å². The van der Waals surface area contributed by atoms with E-state index in [2.05, 4.69) is 19.2 Å². The summed E-state index contributed by atoms with van der Waals surface area (Å²) in [7, 11) is 0. The zero-order chi connectivity index (χ0) is 13.6. The Balaban J connectivity index is 2.45. The summed E-state index contributed by atoms with van der Waals surface area (Å²) in [5, 5.41) is 3.45. The first kappa shape index (κ1) is 15.8. The molecule has 1 aliphatic carbocycles. The lowest BCUT2D eigenvalue weighted by Gasteiger charge is -2.28. The summed E-state index contributed by atoms with van der Waals surface area (Å²) in [5.41, 5.74) is -0.519. The third-order valence-corrected chi connectivity index (χ3v) is 4.90. The van der Waals surface area contributed by atoms with Crippen LogP contribution in [0.4, 0.5) is 0 Å². The maximum Gasteiger partial charge on any atom is 0.326 e. The van der Waals surface area contributed by atoms with E-state index >= 15 is 0 Å². The SMILES string of the molecule is CCOC(=O)C(C)(CSCC(C)CC)NC1CC1. The van der Waals surface area contributed by atoms with Crippen molar-refractivity contribution < 1.29 is 9.53 Å². The van der Waals surface area contributed by atoms with Gasteiger partial charge in [0, 0.05) is 11.8 Å². The van der Waals surface area contributed by atoms with Gasteiger partial charge >= 0.3 is 5.97 Å². The van der Waals surface area contributed by atoms with Crippen LogP contribution in [0.15, 0.2) is 0 Å². The molecule has 2 atom stereocenters. The van der Waals surface area contributed by atoms with Gasteiger partial charge in [-0.15, -0.1) is 0 Å². The van der Waals surface area contributed by atoms with Crippen molar-refractivity contribution in [3.63, 3.8) is 0 Å². The molecule has 4 heteroatoms. The molecule has 2 unspecified atom stereocenters. The van der Waals surface area contributed by atoms with Crippen LogP contribution in [0, 0.1) is 5.92 Å². The summed E-state index contributed by atoms with van der Waals surface area (Å²) >= 11 is 1.85. The molecule has 0 aromatic heterocycles. The van der Waals surface area contributed by atoms with Gasteiger partial charge in [0.1, 0.15) is 5.54 Å². The average molecular weight is 273 g/mol. The van der Waals surface area contributed by atoms with Crippen molar-refractivity contribution in [3.05, 3.63) is 0 Å². The third kappa shape index (κ3) is 5.19. The number of hydrogen-bond acceptors (Lipinski definition) is 4. The summed E-state index contributed by atoms with van der Waals surface area (Å²) in [6, 6.07) is 0.517. The first-order chi connectivity index (χ1) is 8.51. The van der Waals surface area contributed by atoms with E-state index in [0.717, 1.165) is 11.5 Å². The highest BCUT2D eigenvalue weighted by atomic mass is 32.2. The summed E-state index contributed by atoms with van der Waals surface area (Å²) in [4.78, 5) is 12.1. The van der Waals surface area contributed by atoms with Gasteiger partial charge in [-0.2, -0.15) is 11.8 Å². The molecule has 0 aromatic carbocycles. The van der Waals surface area contributed by atoms with Crippen molar-refractivity contribution in [2.45, 2.75) is 58.5 Å². The molecule has 0 heterocycles. The maximum absolute atomic E-state index is 12.1. The summed E-state index contributed by atoms with van der Waals surface area (Å²) in [5.74, 6) is 2.51. The molecule has 1 rings (SSSR count). The molecule has 18 heavy (non-hydrogen) atoms. The number of thioether (sulfide) groups is 1. The van der Waals surface area contributed by atoms with Crippen molar-refractivity contribution in [2.24, 2.45) is 5.92 Å². The molecule has 0 saturated heterocycles. The fraction of sp³-hybridized carbons (Fsp3) is 0.929. The Morgan fingerprint density at radius 1 is 1.50 bits per heavy atom. The minimum absolute atomic E-state index is 0.103. The molecular weight excluding hydrogens is 246 g/mol. The number of carbonyl (C=O) groups excluding carboxylic acids is 1. The standard InChI is InChI=1S/C14H27NO2S/c1-5-11(3)9-18-10-14(4,13(16)17-6-2)15-12-7-8-12/h11-12,15H,5-10H2,1-4H3. The van der Waals surface area contributed by atoms with Crippen LogP contribution in [-0.4, -0.2) is 35.7 Å². The van der Waals surface area contributed by atoms with Gasteiger partial charge in [-0.3, -0.25) is 10.1 Å². The van der Waals surface area contributed by atoms with Crippen LogP contribution >= 0.6 is 11.8 Å². The number of nitrogens with one attached hydrogen (secondary N) is 1. The molecule has 1 aliphatic rings. The molecule has 1 fully saturated rings. The smallest absolute Gasteiger partial charge is 0.326 e. The predicted octanol–water partition coefficient (Wildman–Crippen LogP) is 2.84. The second kappa shape index (κ2) is 7.39. The lowest BCUT2D eigenvalue weighted by molar-refractivity contribution is -0.149. The topological polar surface area (TPSA) is 38.3 Å². The van der Waals surface area contributed by atoms with Crippen molar-refractivity contribution in [3.8, 4) is 0 Å². The number of esters is 1. The molecule has 1 N–H and O–H groups in total. The van der Waals surface area contributed by atoms with E-state index < -0.39 is 5.54 Å². The molecule has 0 radical (unpaired) electrons. The number of carbonyl (C=O) groups is 1. The first-order valence-electron chi connectivity index (χ1n) is 7.04. The second-order valence-corrected chi connectivity index (χ2v) is 6.53. The molecule has 0 aliphatic heterocycles. The Labute approximate surface area is 115 Å². The number of ether oxygens (including phenoxy) is 1. The molecule has 0 amide bonds. The maximum atomic E-state index is 12.1. The van der Waals surface area contributed by atoms with Gasteiger partial charge in [0.05, 0.1) is 6.61 Å². The Morgan fingerprint density at radius 2 is 2.17 bits per heavy atom. The minimum Gasteiger partial charge on any atom is -0.465 e. The van der Waals surface area contributed by atoms with E-state index in [1.54, 1.807) is 0 Å². The van der Waals surface area contributed by atoms with Crippen LogP contribution in [-0.2, 0) is 9.53 Å². The molecule has 0 aromatic rings. The monoisotopic (exact) mass is 273 g/mol. The molecule has 1 saturated carbocycles. The molecule has 106 valence electrons.